The summed E-state index contributed by atoms with van der Waals surface area (Å²) < 4.78 is 5.19. The maximum absolute atomic E-state index is 5.19. The molecule has 5 heteroatoms. The SMILES string of the molecule is COc1ccc2nc(Sc3ccncc3)[nH]c2c1. The maximum Gasteiger partial charge on any atom is 0.171 e. The van der Waals surface area contributed by atoms with Crippen molar-refractivity contribution < 1.29 is 4.74 Å². The van der Waals surface area contributed by atoms with Crippen molar-refractivity contribution in [3.05, 3.63) is 42.7 Å². The van der Waals surface area contributed by atoms with Crippen LogP contribution < -0.4 is 4.74 Å². The molecule has 2 aromatic heterocycles. The minimum absolute atomic E-state index is 0.826. The Balaban J connectivity index is 1.94. The number of benzene rings is 1. The lowest BCUT2D eigenvalue weighted by Gasteiger charge is -1.96. The summed E-state index contributed by atoms with van der Waals surface area (Å²) in [6.07, 6.45) is 3.54. The summed E-state index contributed by atoms with van der Waals surface area (Å²) in [5, 5.41) is 0.865. The molecule has 0 fully saturated rings. The van der Waals surface area contributed by atoms with Crippen LogP contribution in [-0.2, 0) is 0 Å². The number of imidazole rings is 1. The summed E-state index contributed by atoms with van der Waals surface area (Å²) >= 11 is 1.58. The molecule has 1 N–H and O–H groups in total. The van der Waals surface area contributed by atoms with Gasteiger partial charge in [0.2, 0.25) is 0 Å². The highest BCUT2D eigenvalue weighted by Gasteiger charge is 2.05. The molecule has 3 aromatic rings. The van der Waals surface area contributed by atoms with Crippen molar-refractivity contribution >= 4 is 22.8 Å². The number of hydrogen-bond donors (Lipinski definition) is 1. The van der Waals surface area contributed by atoms with Crippen LogP contribution in [0.25, 0.3) is 11.0 Å². The molecule has 18 heavy (non-hydrogen) atoms. The lowest BCUT2D eigenvalue weighted by molar-refractivity contribution is 0.415. The van der Waals surface area contributed by atoms with E-state index in [0.29, 0.717) is 0 Å². The van der Waals surface area contributed by atoms with E-state index in [9.17, 15) is 0 Å². The first kappa shape index (κ1) is 11.1. The summed E-state index contributed by atoms with van der Waals surface area (Å²) in [5.74, 6) is 0.826. The van der Waals surface area contributed by atoms with Gasteiger partial charge in [-0.3, -0.25) is 4.98 Å². The molecule has 0 aliphatic heterocycles. The van der Waals surface area contributed by atoms with Crippen LogP contribution in [0.15, 0.2) is 52.8 Å². The molecule has 2 heterocycles. The van der Waals surface area contributed by atoms with Crippen LogP contribution in [0.1, 0.15) is 0 Å². The van der Waals surface area contributed by atoms with Crippen LogP contribution in [0, 0.1) is 0 Å². The fourth-order valence-corrected chi connectivity index (χ4v) is 2.44. The standard InChI is InChI=1S/C13H11N3OS/c1-17-9-2-3-11-12(8-9)16-13(15-11)18-10-4-6-14-7-5-10/h2-8H,1H3,(H,15,16). The van der Waals surface area contributed by atoms with Gasteiger partial charge in [0.15, 0.2) is 5.16 Å². The Kier molecular flexibility index (Phi) is 2.90. The highest BCUT2D eigenvalue weighted by Crippen LogP contribution is 2.27. The van der Waals surface area contributed by atoms with Crippen LogP contribution in [0.4, 0.5) is 0 Å². The van der Waals surface area contributed by atoms with Crippen molar-refractivity contribution in [1.82, 2.24) is 15.0 Å². The molecular formula is C13H11N3OS. The van der Waals surface area contributed by atoms with Crippen molar-refractivity contribution in [2.24, 2.45) is 0 Å². The zero-order valence-corrected chi connectivity index (χ0v) is 10.6. The fourth-order valence-electron chi connectivity index (χ4n) is 1.66. The Morgan fingerprint density at radius 1 is 1.17 bits per heavy atom. The smallest absolute Gasteiger partial charge is 0.171 e. The van der Waals surface area contributed by atoms with Gasteiger partial charge in [-0.1, -0.05) is 11.8 Å². The third-order valence-electron chi connectivity index (χ3n) is 2.53. The topological polar surface area (TPSA) is 50.8 Å². The molecule has 4 nitrogen and oxygen atoms in total. The number of pyridine rings is 1. The van der Waals surface area contributed by atoms with Crippen LogP contribution in [0.3, 0.4) is 0 Å². The fraction of sp³-hybridized carbons (Fsp3) is 0.0769. The van der Waals surface area contributed by atoms with Gasteiger partial charge in [0.25, 0.3) is 0 Å². The van der Waals surface area contributed by atoms with Gasteiger partial charge in [-0.15, -0.1) is 0 Å². The second-order valence-corrected chi connectivity index (χ2v) is 4.77. The van der Waals surface area contributed by atoms with Gasteiger partial charge in [0.05, 0.1) is 18.1 Å². The molecule has 0 spiro atoms. The van der Waals surface area contributed by atoms with Gasteiger partial charge >= 0.3 is 0 Å². The minimum Gasteiger partial charge on any atom is -0.497 e. The first-order valence-electron chi connectivity index (χ1n) is 5.47. The molecule has 0 atom stereocenters. The van der Waals surface area contributed by atoms with Crippen molar-refractivity contribution in [2.75, 3.05) is 7.11 Å². The number of fused-ring (bicyclic) bond motifs is 1. The Bertz CT molecular complexity index is 666. The third-order valence-corrected chi connectivity index (χ3v) is 3.43. The van der Waals surface area contributed by atoms with Crippen LogP contribution in [0.5, 0.6) is 5.75 Å². The molecule has 0 aliphatic carbocycles. The highest BCUT2D eigenvalue weighted by atomic mass is 32.2. The second-order valence-electron chi connectivity index (χ2n) is 3.71. The zero-order valence-electron chi connectivity index (χ0n) is 9.75. The minimum atomic E-state index is 0.826. The largest absolute Gasteiger partial charge is 0.497 e. The second kappa shape index (κ2) is 4.70. The van der Waals surface area contributed by atoms with Gasteiger partial charge in [0, 0.05) is 23.4 Å². The zero-order chi connectivity index (χ0) is 12.4. The van der Waals surface area contributed by atoms with E-state index >= 15 is 0 Å². The number of ether oxygens (including phenoxy) is 1. The Morgan fingerprint density at radius 2 is 2.00 bits per heavy atom. The average Bonchev–Trinajstić information content (AvgIpc) is 2.80. The summed E-state index contributed by atoms with van der Waals surface area (Å²) in [6.45, 7) is 0. The first-order valence-corrected chi connectivity index (χ1v) is 6.28. The maximum atomic E-state index is 5.19. The molecule has 0 saturated carbocycles. The predicted octanol–water partition coefficient (Wildman–Crippen LogP) is 3.12. The first-order chi connectivity index (χ1) is 8.85. The summed E-state index contributed by atoms with van der Waals surface area (Å²) in [5.41, 5.74) is 1.92. The molecule has 0 radical (unpaired) electrons. The molecule has 1 aromatic carbocycles. The van der Waals surface area contributed by atoms with Crippen LogP contribution in [0.2, 0.25) is 0 Å². The van der Waals surface area contributed by atoms with Crippen LogP contribution >= 0.6 is 11.8 Å². The molecule has 90 valence electrons. The molecule has 0 aliphatic rings. The van der Waals surface area contributed by atoms with E-state index in [-0.39, 0.29) is 0 Å². The summed E-state index contributed by atoms with van der Waals surface area (Å²) in [7, 11) is 1.66. The number of nitrogens with one attached hydrogen (secondary N) is 1. The van der Waals surface area contributed by atoms with E-state index in [1.54, 1.807) is 31.3 Å². The van der Waals surface area contributed by atoms with E-state index in [2.05, 4.69) is 15.0 Å². The number of hydrogen-bond acceptors (Lipinski definition) is 4. The van der Waals surface area contributed by atoms with E-state index in [1.807, 2.05) is 30.3 Å². The quantitative estimate of drug-likeness (QED) is 0.783. The molecular weight excluding hydrogens is 246 g/mol. The van der Waals surface area contributed by atoms with Gasteiger partial charge in [-0.25, -0.2) is 4.98 Å². The monoisotopic (exact) mass is 257 g/mol. The van der Waals surface area contributed by atoms with E-state index in [1.165, 1.54) is 0 Å². The van der Waals surface area contributed by atoms with Gasteiger partial charge in [-0.2, -0.15) is 0 Å². The number of aromatic nitrogens is 3. The number of rotatable bonds is 3. The number of nitrogens with zero attached hydrogens (tertiary/aromatic N) is 2. The summed E-state index contributed by atoms with van der Waals surface area (Å²) in [6, 6.07) is 9.71. The normalized spacial score (nSPS) is 10.7. The molecule has 0 bridgehead atoms. The van der Waals surface area contributed by atoms with Crippen molar-refractivity contribution in [3.8, 4) is 5.75 Å². The average molecular weight is 257 g/mol. The van der Waals surface area contributed by atoms with Crippen molar-refractivity contribution in [3.63, 3.8) is 0 Å². The molecule has 0 unspecified atom stereocenters. The predicted molar refractivity (Wildman–Crippen MR) is 71.0 cm³/mol. The summed E-state index contributed by atoms with van der Waals surface area (Å²) in [4.78, 5) is 12.9. The Labute approximate surface area is 108 Å². The molecule has 0 saturated heterocycles. The van der Waals surface area contributed by atoms with E-state index < -0.39 is 0 Å². The molecule has 0 amide bonds. The Morgan fingerprint density at radius 3 is 2.78 bits per heavy atom. The van der Waals surface area contributed by atoms with E-state index in [0.717, 1.165) is 26.8 Å². The molecule has 3 rings (SSSR count). The number of H-pyrrole nitrogens is 1. The Hall–Kier alpha value is -2.01. The van der Waals surface area contributed by atoms with Gasteiger partial charge in [-0.05, 0) is 24.3 Å². The van der Waals surface area contributed by atoms with Crippen molar-refractivity contribution in [1.29, 1.82) is 0 Å². The number of aromatic amines is 1. The number of methoxy groups -OCH3 is 1. The van der Waals surface area contributed by atoms with Gasteiger partial charge in [0.1, 0.15) is 5.75 Å². The van der Waals surface area contributed by atoms with Crippen LogP contribution in [-0.4, -0.2) is 22.1 Å². The highest BCUT2D eigenvalue weighted by molar-refractivity contribution is 7.99. The lowest BCUT2D eigenvalue weighted by atomic mass is 10.3. The lowest BCUT2D eigenvalue weighted by Crippen LogP contribution is -1.81. The third kappa shape index (κ3) is 2.17. The van der Waals surface area contributed by atoms with Gasteiger partial charge < -0.3 is 9.72 Å². The van der Waals surface area contributed by atoms with E-state index in [4.69, 9.17) is 4.74 Å². The van der Waals surface area contributed by atoms with Crippen molar-refractivity contribution in [2.45, 2.75) is 10.1 Å².